The minimum Gasteiger partial charge on any atom is -0.406 e. The van der Waals surface area contributed by atoms with Gasteiger partial charge >= 0.3 is 6.36 Å². The maximum Gasteiger partial charge on any atom is 0.573 e. The third kappa shape index (κ3) is 3.88. The number of aliphatic hydroxyl groups is 1. The Bertz CT molecular complexity index is 595. The van der Waals surface area contributed by atoms with E-state index in [-0.39, 0.29) is 11.3 Å². The Kier molecular flexibility index (Phi) is 4.63. The minimum atomic E-state index is -4.77. The standard InChI is InChI=1S/C12H7BrClF3O2S/c13-8-5-9(20-11(8)14)10(18)6-2-1-3-7(4-6)19-12(15,16)17/h1-5,10,18H. The van der Waals surface area contributed by atoms with E-state index in [9.17, 15) is 18.3 Å². The Morgan fingerprint density at radius 1 is 1.30 bits per heavy atom. The quantitative estimate of drug-likeness (QED) is 0.790. The molecular formula is C12H7BrClF3O2S. The topological polar surface area (TPSA) is 29.5 Å². The minimum absolute atomic E-state index is 0.289. The van der Waals surface area contributed by atoms with Crippen molar-refractivity contribution in [2.45, 2.75) is 12.5 Å². The third-order valence-electron chi connectivity index (χ3n) is 2.34. The van der Waals surface area contributed by atoms with Crippen molar-refractivity contribution in [3.8, 4) is 5.75 Å². The average Bonchev–Trinajstić information content (AvgIpc) is 2.67. The van der Waals surface area contributed by atoms with Gasteiger partial charge in [-0.25, -0.2) is 0 Å². The second-order valence-corrected chi connectivity index (χ2v) is 6.33. The first-order valence-corrected chi connectivity index (χ1v) is 7.23. The van der Waals surface area contributed by atoms with Crippen molar-refractivity contribution in [1.82, 2.24) is 0 Å². The highest BCUT2D eigenvalue weighted by atomic mass is 79.9. The fraction of sp³-hybridized carbons (Fsp3) is 0.167. The first-order chi connectivity index (χ1) is 9.26. The fourth-order valence-electron chi connectivity index (χ4n) is 1.54. The maximum atomic E-state index is 12.1. The van der Waals surface area contributed by atoms with Crippen LogP contribution >= 0.6 is 38.9 Å². The molecule has 1 aromatic carbocycles. The SMILES string of the molecule is OC(c1cccc(OC(F)(F)F)c1)c1cc(Br)c(Cl)s1. The molecule has 1 atom stereocenters. The Labute approximate surface area is 129 Å². The van der Waals surface area contributed by atoms with E-state index in [1.165, 1.54) is 18.2 Å². The molecule has 2 aromatic rings. The van der Waals surface area contributed by atoms with E-state index in [0.717, 1.165) is 17.4 Å². The first-order valence-electron chi connectivity index (χ1n) is 5.25. The van der Waals surface area contributed by atoms with Gasteiger partial charge in [0.1, 0.15) is 16.2 Å². The first kappa shape index (κ1) is 15.6. The highest BCUT2D eigenvalue weighted by Gasteiger charge is 2.31. The Balaban J connectivity index is 2.26. The van der Waals surface area contributed by atoms with Crippen molar-refractivity contribution < 1.29 is 23.0 Å². The predicted molar refractivity (Wildman–Crippen MR) is 74.2 cm³/mol. The van der Waals surface area contributed by atoms with Crippen LogP contribution in [0.15, 0.2) is 34.8 Å². The van der Waals surface area contributed by atoms with Gasteiger partial charge in [0.05, 0.1) is 0 Å². The molecule has 0 spiro atoms. The Hall–Kier alpha value is -0.760. The molecule has 0 aliphatic rings. The fourth-order valence-corrected chi connectivity index (χ4v) is 3.29. The van der Waals surface area contributed by atoms with Crippen LogP contribution in [0.3, 0.4) is 0 Å². The van der Waals surface area contributed by atoms with Gasteiger partial charge in [-0.05, 0) is 39.7 Å². The second kappa shape index (κ2) is 5.93. The van der Waals surface area contributed by atoms with Crippen LogP contribution in [-0.2, 0) is 0 Å². The number of benzene rings is 1. The summed E-state index contributed by atoms with van der Waals surface area (Å²) in [5.41, 5.74) is 0.289. The summed E-state index contributed by atoms with van der Waals surface area (Å²) in [6.07, 6.45) is -5.83. The van der Waals surface area contributed by atoms with Gasteiger partial charge in [-0.15, -0.1) is 24.5 Å². The number of hydrogen-bond donors (Lipinski definition) is 1. The van der Waals surface area contributed by atoms with E-state index in [4.69, 9.17) is 11.6 Å². The van der Waals surface area contributed by atoms with Crippen molar-refractivity contribution >= 4 is 38.9 Å². The molecule has 0 radical (unpaired) electrons. The van der Waals surface area contributed by atoms with Gasteiger partial charge in [-0.3, -0.25) is 0 Å². The van der Waals surface area contributed by atoms with Gasteiger partial charge in [-0.1, -0.05) is 23.7 Å². The van der Waals surface area contributed by atoms with Crippen molar-refractivity contribution in [3.05, 3.63) is 49.6 Å². The molecule has 20 heavy (non-hydrogen) atoms. The molecule has 2 rings (SSSR count). The smallest absolute Gasteiger partial charge is 0.406 e. The summed E-state index contributed by atoms with van der Waals surface area (Å²) in [7, 11) is 0. The summed E-state index contributed by atoms with van der Waals surface area (Å²) in [4.78, 5) is 0.519. The summed E-state index contributed by atoms with van der Waals surface area (Å²) in [5, 5.41) is 10.1. The van der Waals surface area contributed by atoms with Gasteiger partial charge in [0.15, 0.2) is 0 Å². The molecule has 1 heterocycles. The molecule has 1 aromatic heterocycles. The second-order valence-electron chi connectivity index (χ2n) is 3.79. The summed E-state index contributed by atoms with van der Waals surface area (Å²) < 4.78 is 41.3. The van der Waals surface area contributed by atoms with Gasteiger partial charge in [0.2, 0.25) is 0 Å². The van der Waals surface area contributed by atoms with Gasteiger partial charge in [-0.2, -0.15) is 0 Å². The summed E-state index contributed by atoms with van der Waals surface area (Å²) in [5.74, 6) is -0.379. The zero-order valence-corrected chi connectivity index (χ0v) is 12.8. The van der Waals surface area contributed by atoms with Crippen LogP contribution in [0.25, 0.3) is 0 Å². The molecule has 0 fully saturated rings. The van der Waals surface area contributed by atoms with Gasteiger partial charge < -0.3 is 9.84 Å². The molecular weight excluding hydrogens is 381 g/mol. The largest absolute Gasteiger partial charge is 0.573 e. The molecule has 1 N–H and O–H groups in total. The summed E-state index contributed by atoms with van der Waals surface area (Å²) in [6, 6.07) is 6.81. The molecule has 0 saturated carbocycles. The number of ether oxygens (including phenoxy) is 1. The molecule has 8 heteroatoms. The van der Waals surface area contributed by atoms with E-state index in [0.29, 0.717) is 13.7 Å². The molecule has 0 aliphatic carbocycles. The van der Waals surface area contributed by atoms with Crippen molar-refractivity contribution in [3.63, 3.8) is 0 Å². The molecule has 0 aliphatic heterocycles. The normalized spacial score (nSPS) is 13.3. The number of hydrogen-bond acceptors (Lipinski definition) is 3. The van der Waals surface area contributed by atoms with E-state index < -0.39 is 12.5 Å². The van der Waals surface area contributed by atoms with Crippen LogP contribution < -0.4 is 4.74 Å². The van der Waals surface area contributed by atoms with Crippen LogP contribution in [0.2, 0.25) is 4.34 Å². The van der Waals surface area contributed by atoms with Crippen LogP contribution in [0.5, 0.6) is 5.75 Å². The van der Waals surface area contributed by atoms with Crippen molar-refractivity contribution in [2.75, 3.05) is 0 Å². The molecule has 0 saturated heterocycles. The van der Waals surface area contributed by atoms with Gasteiger partial charge in [0.25, 0.3) is 0 Å². The molecule has 0 bridgehead atoms. The molecule has 0 amide bonds. The maximum absolute atomic E-state index is 12.1. The Morgan fingerprint density at radius 3 is 2.55 bits per heavy atom. The molecule has 1 unspecified atom stereocenters. The van der Waals surface area contributed by atoms with Crippen LogP contribution in [-0.4, -0.2) is 11.5 Å². The van der Waals surface area contributed by atoms with E-state index >= 15 is 0 Å². The number of rotatable bonds is 3. The highest BCUT2D eigenvalue weighted by molar-refractivity contribution is 9.10. The monoisotopic (exact) mass is 386 g/mol. The zero-order chi connectivity index (χ0) is 14.9. The van der Waals surface area contributed by atoms with Crippen LogP contribution in [0.1, 0.15) is 16.5 Å². The van der Waals surface area contributed by atoms with E-state index in [2.05, 4.69) is 20.7 Å². The van der Waals surface area contributed by atoms with Crippen molar-refractivity contribution in [1.29, 1.82) is 0 Å². The van der Waals surface area contributed by atoms with Crippen LogP contribution in [0, 0.1) is 0 Å². The summed E-state index contributed by atoms with van der Waals surface area (Å²) >= 11 is 10.2. The van der Waals surface area contributed by atoms with E-state index in [1.54, 1.807) is 6.07 Å². The lowest BCUT2D eigenvalue weighted by Crippen LogP contribution is -2.17. The number of halogens is 5. The number of aliphatic hydroxyl groups excluding tert-OH is 1. The van der Waals surface area contributed by atoms with Crippen LogP contribution in [0.4, 0.5) is 13.2 Å². The summed E-state index contributed by atoms with van der Waals surface area (Å²) in [6.45, 7) is 0. The lowest BCUT2D eigenvalue weighted by molar-refractivity contribution is -0.274. The average molecular weight is 388 g/mol. The number of alkyl halides is 3. The van der Waals surface area contributed by atoms with Gasteiger partial charge in [0, 0.05) is 9.35 Å². The molecule has 2 nitrogen and oxygen atoms in total. The van der Waals surface area contributed by atoms with Crippen molar-refractivity contribution in [2.24, 2.45) is 0 Å². The lowest BCUT2D eigenvalue weighted by Gasteiger charge is -2.12. The highest BCUT2D eigenvalue weighted by Crippen LogP contribution is 2.38. The number of thiophene rings is 1. The van der Waals surface area contributed by atoms with E-state index in [1.807, 2.05) is 0 Å². The predicted octanol–water partition coefficient (Wildman–Crippen LogP) is 5.14. The third-order valence-corrected chi connectivity index (χ3v) is 4.87. The zero-order valence-electron chi connectivity index (χ0n) is 9.62. The molecule has 108 valence electrons. The Morgan fingerprint density at radius 2 is 2.00 bits per heavy atom. The lowest BCUT2D eigenvalue weighted by atomic mass is 10.1.